The summed E-state index contributed by atoms with van der Waals surface area (Å²) < 4.78 is 0. The summed E-state index contributed by atoms with van der Waals surface area (Å²) in [6.45, 7) is 23.8. The van der Waals surface area contributed by atoms with Gasteiger partial charge in [0.05, 0.1) is 0 Å². The normalized spacial score (nSPS) is 0.933. The van der Waals surface area contributed by atoms with Crippen molar-refractivity contribution in [1.82, 2.24) is 0 Å². The van der Waals surface area contributed by atoms with Gasteiger partial charge in [0.15, 0.2) is 0 Å². The van der Waals surface area contributed by atoms with E-state index in [0.29, 0.717) is 0 Å². The first-order valence-electron chi connectivity index (χ1n) is 1.30. The third-order valence-electron chi connectivity index (χ3n) is 0. The van der Waals surface area contributed by atoms with Crippen LogP contribution in [0, 0.1) is 64.1 Å². The molecule has 0 saturated carbocycles. The number of hydrogen-bond donors (Lipinski definition) is 0. The molecule has 0 heterocycles. The number of nitrogens with zero attached hydrogens (tertiary/aromatic N) is 6. The fourth-order valence-electron chi connectivity index (χ4n) is 0. The fraction of sp³-hybridized carbons (Fsp3) is 0. The summed E-state index contributed by atoms with van der Waals surface area (Å²) in [7, 11) is 0. The molecule has 0 aromatic rings. The molecule has 0 spiro atoms. The maximum Gasteiger partial charge on any atom is 1.00 e. The second-order valence-corrected chi connectivity index (χ2v) is 0. The van der Waals surface area contributed by atoms with Crippen molar-refractivity contribution in [2.75, 3.05) is 0 Å². The number of nitroso groups, excluding NO2 is 1. The van der Waals surface area contributed by atoms with Crippen molar-refractivity contribution in [3.8, 4) is 0 Å². The van der Waals surface area contributed by atoms with Gasteiger partial charge in [-0.15, -0.1) is 0 Å². The summed E-state index contributed by atoms with van der Waals surface area (Å²) in [4.78, 5) is 7.25. The van der Waals surface area contributed by atoms with E-state index in [2.05, 4.69) is 0 Å². The van der Waals surface area contributed by atoms with E-state index >= 15 is 0 Å². The summed E-state index contributed by atoms with van der Waals surface area (Å²) in [6, 6.07) is 0. The van der Waals surface area contributed by atoms with Gasteiger partial charge in [-0.2, -0.15) is 0 Å². The Bertz CT molecular complexity index is 98.9. The van der Waals surface area contributed by atoms with Crippen LogP contribution >= 0.6 is 0 Å². The predicted molar refractivity (Wildman–Crippen MR) is 31.6 cm³/mol. The second kappa shape index (κ2) is 11600. The molecule has 0 rings (SSSR count). The summed E-state index contributed by atoms with van der Waals surface area (Å²) in [6.07, 6.45) is 0. The van der Waals surface area contributed by atoms with Gasteiger partial charge in [-0.3, -0.25) is 0 Å². The van der Waals surface area contributed by atoms with Gasteiger partial charge in [0, 0.05) is 17.1 Å². The number of hydrogen-bond acceptors (Lipinski definition) is 6. The third-order valence-corrected chi connectivity index (χ3v) is 0. The maximum atomic E-state index is 7.25. The Morgan fingerprint density at radius 1 is 0.533 bits per heavy atom. The Morgan fingerprint density at radius 3 is 0.533 bits per heavy atom. The molecule has 0 atom stereocenters. The molecule has 7 nitrogen and oxygen atoms in total. The zero-order valence-electron chi connectivity index (χ0n) is 7.95. The summed E-state index contributed by atoms with van der Waals surface area (Å²) in [5.41, 5.74) is 5.75. The molecule has 0 radical (unpaired) electrons. The summed E-state index contributed by atoms with van der Waals surface area (Å²) >= 11 is 0. The smallest absolute Gasteiger partial charge is 0.577 e. The SMILES string of the molecule is [C-]#N.[C-]#N.[C-]#N.[C-]#N.[C-]#N.[Fe].[N-]=O.[Na+].[Na+]. The zero-order valence-corrected chi connectivity index (χ0v) is 13.0. The van der Waals surface area contributed by atoms with Crippen molar-refractivity contribution in [1.29, 1.82) is 26.3 Å². The van der Waals surface area contributed by atoms with Gasteiger partial charge in [0.1, 0.15) is 0 Å². The van der Waals surface area contributed by atoms with Crippen LogP contribution in [-0.4, -0.2) is 0 Å². The molecule has 0 aliphatic carbocycles. The van der Waals surface area contributed by atoms with Gasteiger partial charge in [-0.05, 0) is 0 Å². The van der Waals surface area contributed by atoms with E-state index in [4.69, 9.17) is 69.7 Å². The molecular formula is C5FeN6Na2O-4. The predicted octanol–water partition coefficient (Wildman–Crippen LogP) is -5.19. The van der Waals surface area contributed by atoms with Crippen molar-refractivity contribution in [3.05, 3.63) is 43.4 Å². The molecule has 0 aliphatic rings. The number of rotatable bonds is 0. The quantitative estimate of drug-likeness (QED) is 0.313. The molecule has 0 aromatic heterocycles. The molecule has 0 saturated heterocycles. The summed E-state index contributed by atoms with van der Waals surface area (Å²) in [5.74, 6) is 0. The van der Waals surface area contributed by atoms with Crippen LogP contribution in [-0.2, 0) is 17.1 Å². The van der Waals surface area contributed by atoms with Crippen LogP contribution in [0.15, 0.2) is 0 Å². The van der Waals surface area contributed by atoms with Crippen molar-refractivity contribution >= 4 is 0 Å². The van der Waals surface area contributed by atoms with Gasteiger partial charge < -0.3 is 69.7 Å². The van der Waals surface area contributed by atoms with E-state index in [1.54, 1.807) is 0 Å². The molecule has 0 N–H and O–H groups in total. The van der Waals surface area contributed by atoms with E-state index in [9.17, 15) is 0 Å². The van der Waals surface area contributed by atoms with Gasteiger partial charge >= 0.3 is 59.1 Å². The molecule has 0 bridgehead atoms. The first-order chi connectivity index (χ1) is 6.00. The van der Waals surface area contributed by atoms with Crippen LogP contribution in [0.25, 0.3) is 5.59 Å². The van der Waals surface area contributed by atoms with Gasteiger partial charge in [0.2, 0.25) is 0 Å². The molecule has 0 unspecified atom stereocenters. The van der Waals surface area contributed by atoms with Crippen LogP contribution < -0.4 is 59.1 Å². The minimum absolute atomic E-state index is 0. The van der Waals surface area contributed by atoms with E-state index in [1.807, 2.05) is 0 Å². The third kappa shape index (κ3) is 9800. The van der Waals surface area contributed by atoms with E-state index in [0.717, 1.165) is 0 Å². The van der Waals surface area contributed by atoms with Crippen LogP contribution in [0.2, 0.25) is 0 Å². The Labute approximate surface area is 144 Å². The molecule has 0 aromatic carbocycles. The second-order valence-electron chi connectivity index (χ2n) is 0. The average molecular weight is 262 g/mol. The minimum atomic E-state index is 0. The molecule has 70 valence electrons. The maximum absolute atomic E-state index is 7.25. The van der Waals surface area contributed by atoms with Crippen molar-refractivity contribution in [3.63, 3.8) is 0 Å². The van der Waals surface area contributed by atoms with Crippen LogP contribution in [0.1, 0.15) is 0 Å². The summed E-state index contributed by atoms with van der Waals surface area (Å²) in [5, 5.41) is 31.2. The van der Waals surface area contributed by atoms with Crippen molar-refractivity contribution in [2.24, 2.45) is 0 Å². The van der Waals surface area contributed by atoms with Crippen molar-refractivity contribution in [2.45, 2.75) is 0 Å². The monoisotopic (exact) mass is 262 g/mol. The van der Waals surface area contributed by atoms with Gasteiger partial charge in [0.25, 0.3) is 0 Å². The molecule has 15 heavy (non-hydrogen) atoms. The molecule has 0 fully saturated rings. The van der Waals surface area contributed by atoms with Crippen LogP contribution in [0.5, 0.6) is 0 Å². The van der Waals surface area contributed by atoms with Crippen LogP contribution in [0.3, 0.4) is 0 Å². The van der Waals surface area contributed by atoms with Gasteiger partial charge in [-0.25, -0.2) is 0 Å². The van der Waals surface area contributed by atoms with Crippen molar-refractivity contribution < 1.29 is 76.2 Å². The average Bonchev–Trinajstić information content (AvgIpc) is 2.33. The molecular weight excluding hydrogens is 262 g/mol. The molecule has 10 heteroatoms. The topological polar surface area (TPSA) is 158 Å². The van der Waals surface area contributed by atoms with Gasteiger partial charge in [-0.1, -0.05) is 0 Å². The van der Waals surface area contributed by atoms with Crippen LogP contribution in [0.4, 0.5) is 0 Å². The molecule has 0 aliphatic heterocycles. The van der Waals surface area contributed by atoms with E-state index in [-0.39, 0.29) is 76.2 Å². The zero-order chi connectivity index (χ0) is 12.0. The first-order valence-corrected chi connectivity index (χ1v) is 1.30. The van der Waals surface area contributed by atoms with E-state index < -0.39 is 0 Å². The van der Waals surface area contributed by atoms with E-state index in [1.165, 1.54) is 0 Å². The Hall–Kier alpha value is -0.431. The Balaban J connectivity index is -0.00000000396. The first kappa shape index (κ1) is 86.5. The largest absolute Gasteiger partial charge is 1.00 e. The standard InChI is InChI=1S/5CN.Fe.NO.2Na/c5*1-2;;1-2;;/q5*-1;;-1;2*+1. The Morgan fingerprint density at radius 2 is 0.533 bits per heavy atom. The Kier molecular flexibility index (Phi) is 66700. The fourth-order valence-corrected chi connectivity index (χ4v) is 0. The minimum Gasteiger partial charge on any atom is -0.577 e. The molecule has 0 amide bonds.